The first-order valence-electron chi connectivity index (χ1n) is 9.01. The Kier molecular flexibility index (Phi) is 5.40. The summed E-state index contributed by atoms with van der Waals surface area (Å²) >= 11 is 0. The van der Waals surface area contributed by atoms with E-state index in [1.54, 1.807) is 6.20 Å². The molecular formula is C20H25N3O3. The quantitative estimate of drug-likeness (QED) is 0.894. The van der Waals surface area contributed by atoms with Crippen molar-refractivity contribution in [3.8, 4) is 0 Å². The van der Waals surface area contributed by atoms with Crippen LogP contribution in [0, 0.1) is 13.8 Å². The highest BCUT2D eigenvalue weighted by molar-refractivity contribution is 5.79. The van der Waals surface area contributed by atoms with Crippen LogP contribution < -0.4 is 0 Å². The summed E-state index contributed by atoms with van der Waals surface area (Å²) in [4.78, 5) is 25.5. The Hall–Kier alpha value is -2.63. The first-order valence-corrected chi connectivity index (χ1v) is 9.01. The number of amides is 1. The average Bonchev–Trinajstić information content (AvgIpc) is 3.06. The van der Waals surface area contributed by atoms with Gasteiger partial charge in [-0.2, -0.15) is 5.10 Å². The number of benzene rings is 1. The van der Waals surface area contributed by atoms with Gasteiger partial charge in [-0.3, -0.25) is 14.3 Å². The van der Waals surface area contributed by atoms with E-state index in [2.05, 4.69) is 23.3 Å². The Bertz CT molecular complexity index is 812. The van der Waals surface area contributed by atoms with E-state index in [1.165, 1.54) is 10.2 Å². The van der Waals surface area contributed by atoms with E-state index < -0.39 is 5.97 Å². The third kappa shape index (κ3) is 4.31. The van der Waals surface area contributed by atoms with Crippen molar-refractivity contribution in [3.63, 3.8) is 0 Å². The van der Waals surface area contributed by atoms with E-state index in [1.807, 2.05) is 24.8 Å². The Morgan fingerprint density at radius 2 is 2.08 bits per heavy atom. The minimum Gasteiger partial charge on any atom is -0.480 e. The molecule has 0 radical (unpaired) electrons. The molecule has 0 saturated carbocycles. The number of aromatic nitrogens is 2. The predicted molar refractivity (Wildman–Crippen MR) is 98.0 cm³/mol. The molecule has 3 rings (SSSR count). The van der Waals surface area contributed by atoms with Crippen molar-refractivity contribution in [2.75, 3.05) is 13.1 Å². The van der Waals surface area contributed by atoms with E-state index in [9.17, 15) is 9.59 Å². The fraction of sp³-hybridized carbons (Fsp3) is 0.450. The highest BCUT2D eigenvalue weighted by Gasteiger charge is 2.26. The number of carboxylic acid groups (broad SMARTS) is 1. The lowest BCUT2D eigenvalue weighted by Gasteiger charge is -2.32. The molecule has 2 aromatic rings. The zero-order valence-electron chi connectivity index (χ0n) is 15.3. The maximum Gasteiger partial charge on any atom is 0.325 e. The molecule has 6 heteroatoms. The number of hydrogen-bond acceptors (Lipinski definition) is 3. The molecule has 1 aliphatic heterocycles. The fourth-order valence-electron chi connectivity index (χ4n) is 3.53. The van der Waals surface area contributed by atoms with Crippen molar-refractivity contribution in [1.29, 1.82) is 0 Å². The lowest BCUT2D eigenvalue weighted by molar-refractivity contribution is -0.138. The second-order valence-electron chi connectivity index (χ2n) is 7.12. The highest BCUT2D eigenvalue weighted by Crippen LogP contribution is 2.26. The van der Waals surface area contributed by atoms with Crippen molar-refractivity contribution < 1.29 is 14.7 Å². The summed E-state index contributed by atoms with van der Waals surface area (Å²) in [6, 6.07) is 8.08. The van der Waals surface area contributed by atoms with Crippen molar-refractivity contribution in [1.82, 2.24) is 14.7 Å². The molecule has 1 aliphatic rings. The van der Waals surface area contributed by atoms with Crippen LogP contribution in [0.4, 0.5) is 0 Å². The number of carbonyl (C=O) groups excluding carboxylic acids is 1. The van der Waals surface area contributed by atoms with Gasteiger partial charge in [-0.25, -0.2) is 0 Å². The van der Waals surface area contributed by atoms with Crippen molar-refractivity contribution in [3.05, 3.63) is 52.8 Å². The van der Waals surface area contributed by atoms with Crippen LogP contribution >= 0.6 is 0 Å². The topological polar surface area (TPSA) is 75.4 Å². The van der Waals surface area contributed by atoms with Gasteiger partial charge in [0, 0.05) is 25.2 Å². The van der Waals surface area contributed by atoms with Gasteiger partial charge < -0.3 is 10.0 Å². The van der Waals surface area contributed by atoms with Crippen LogP contribution in [0.25, 0.3) is 0 Å². The first kappa shape index (κ1) is 18.2. The van der Waals surface area contributed by atoms with Gasteiger partial charge in [-0.15, -0.1) is 0 Å². The average molecular weight is 355 g/mol. The van der Waals surface area contributed by atoms with Crippen molar-refractivity contribution in [2.24, 2.45) is 0 Å². The van der Waals surface area contributed by atoms with E-state index in [0.717, 1.165) is 36.2 Å². The molecular weight excluding hydrogens is 330 g/mol. The van der Waals surface area contributed by atoms with Crippen LogP contribution in [-0.4, -0.2) is 44.8 Å². The maximum absolute atomic E-state index is 12.8. The molecule has 1 aromatic heterocycles. The van der Waals surface area contributed by atoms with Gasteiger partial charge in [0.05, 0.1) is 12.1 Å². The summed E-state index contributed by atoms with van der Waals surface area (Å²) in [5, 5.41) is 13.2. The second-order valence-corrected chi connectivity index (χ2v) is 7.12. The molecule has 1 N–H and O–H groups in total. The zero-order valence-corrected chi connectivity index (χ0v) is 15.3. The molecule has 1 atom stereocenters. The van der Waals surface area contributed by atoms with E-state index >= 15 is 0 Å². The maximum atomic E-state index is 12.8. The molecule has 1 unspecified atom stereocenters. The monoisotopic (exact) mass is 355 g/mol. The molecule has 1 aromatic carbocycles. The molecule has 0 spiro atoms. The van der Waals surface area contributed by atoms with Gasteiger partial charge in [-0.05, 0) is 43.9 Å². The Labute approximate surface area is 153 Å². The van der Waals surface area contributed by atoms with Gasteiger partial charge in [-0.1, -0.05) is 23.8 Å². The normalized spacial score (nSPS) is 17.3. The fourth-order valence-corrected chi connectivity index (χ4v) is 3.53. The largest absolute Gasteiger partial charge is 0.480 e. The number of rotatable bonds is 5. The molecule has 6 nitrogen and oxygen atoms in total. The summed E-state index contributed by atoms with van der Waals surface area (Å²) in [5.74, 6) is -0.594. The molecule has 2 heterocycles. The number of piperidine rings is 1. The summed E-state index contributed by atoms with van der Waals surface area (Å²) in [6.45, 7) is 5.36. The van der Waals surface area contributed by atoms with Crippen LogP contribution in [-0.2, 0) is 22.6 Å². The van der Waals surface area contributed by atoms with Crippen molar-refractivity contribution in [2.45, 2.75) is 45.6 Å². The summed E-state index contributed by atoms with van der Waals surface area (Å²) in [5.41, 5.74) is 4.27. The van der Waals surface area contributed by atoms with E-state index in [-0.39, 0.29) is 18.4 Å². The van der Waals surface area contributed by atoms with Crippen LogP contribution in [0.5, 0.6) is 0 Å². The van der Waals surface area contributed by atoms with Crippen LogP contribution in [0.2, 0.25) is 0 Å². The van der Waals surface area contributed by atoms with Gasteiger partial charge in [0.1, 0.15) is 6.54 Å². The zero-order chi connectivity index (χ0) is 18.7. The van der Waals surface area contributed by atoms with Gasteiger partial charge in [0.25, 0.3) is 0 Å². The summed E-state index contributed by atoms with van der Waals surface area (Å²) in [6.07, 6.45) is 4.03. The van der Waals surface area contributed by atoms with E-state index in [0.29, 0.717) is 13.0 Å². The number of nitrogens with zero attached hydrogens (tertiary/aromatic N) is 3. The molecule has 26 heavy (non-hydrogen) atoms. The number of carbonyl (C=O) groups is 2. The minimum atomic E-state index is -0.909. The lowest BCUT2D eigenvalue weighted by Crippen LogP contribution is -2.40. The number of carboxylic acids is 1. The Morgan fingerprint density at radius 3 is 2.85 bits per heavy atom. The minimum absolute atomic E-state index is 0.137. The third-order valence-electron chi connectivity index (χ3n) is 5.00. The highest BCUT2D eigenvalue weighted by atomic mass is 16.4. The number of hydrogen-bond donors (Lipinski definition) is 1. The Balaban J connectivity index is 1.66. The second kappa shape index (κ2) is 7.72. The van der Waals surface area contributed by atoms with Gasteiger partial charge in [0.15, 0.2) is 0 Å². The van der Waals surface area contributed by atoms with Crippen LogP contribution in [0.3, 0.4) is 0 Å². The van der Waals surface area contributed by atoms with Gasteiger partial charge in [0.2, 0.25) is 5.91 Å². The molecule has 0 bridgehead atoms. The van der Waals surface area contributed by atoms with E-state index in [4.69, 9.17) is 5.11 Å². The van der Waals surface area contributed by atoms with Gasteiger partial charge >= 0.3 is 5.97 Å². The molecule has 1 amide bonds. The summed E-state index contributed by atoms with van der Waals surface area (Å²) in [7, 11) is 0. The summed E-state index contributed by atoms with van der Waals surface area (Å²) < 4.78 is 1.44. The van der Waals surface area contributed by atoms with Crippen LogP contribution in [0.15, 0.2) is 30.5 Å². The smallest absolute Gasteiger partial charge is 0.325 e. The molecule has 1 fully saturated rings. The standard InChI is InChI=1S/C20H25N3O3/c1-14-5-6-15(2)17(10-14)11-19(24)22-8-3-4-16(12-22)18-7-9-23(21-18)13-20(25)26/h5-7,9-10,16H,3-4,8,11-13H2,1-2H3,(H,25,26). The molecule has 0 aliphatic carbocycles. The first-order chi connectivity index (χ1) is 12.4. The number of aliphatic carboxylic acids is 1. The third-order valence-corrected chi connectivity index (χ3v) is 5.00. The Morgan fingerprint density at radius 1 is 1.27 bits per heavy atom. The SMILES string of the molecule is Cc1ccc(C)c(CC(=O)N2CCCC(c3ccn(CC(=O)O)n3)C2)c1. The van der Waals surface area contributed by atoms with Crippen molar-refractivity contribution >= 4 is 11.9 Å². The molecule has 1 saturated heterocycles. The lowest BCUT2D eigenvalue weighted by atomic mass is 9.94. The predicted octanol–water partition coefficient (Wildman–Crippen LogP) is 2.53. The number of aryl methyl sites for hydroxylation is 2. The number of likely N-dealkylation sites (tertiary alicyclic amines) is 1. The molecule has 138 valence electrons. The van der Waals surface area contributed by atoms with Crippen LogP contribution in [0.1, 0.15) is 41.1 Å².